The van der Waals surface area contributed by atoms with Gasteiger partial charge >= 0.3 is 0 Å². The van der Waals surface area contributed by atoms with Gasteiger partial charge in [0.2, 0.25) is 0 Å². The van der Waals surface area contributed by atoms with Gasteiger partial charge in [-0.25, -0.2) is 0 Å². The SMILES string of the molecule is COc1ccc(O)cc1CN1CCC(Oc2ccccc2OC)CC1. The summed E-state index contributed by atoms with van der Waals surface area (Å²) in [5, 5.41) is 9.71. The topological polar surface area (TPSA) is 51.2 Å². The Morgan fingerprint density at radius 2 is 1.64 bits per heavy atom. The lowest BCUT2D eigenvalue weighted by Gasteiger charge is -2.32. The fraction of sp³-hybridized carbons (Fsp3) is 0.400. The number of phenolic OH excluding ortho intramolecular Hbond substituents is 1. The zero-order chi connectivity index (χ0) is 17.6. The van der Waals surface area contributed by atoms with Crippen molar-refractivity contribution in [3.63, 3.8) is 0 Å². The molecule has 2 aromatic carbocycles. The zero-order valence-corrected chi connectivity index (χ0v) is 14.8. The van der Waals surface area contributed by atoms with Crippen LogP contribution in [0.15, 0.2) is 42.5 Å². The molecule has 1 aliphatic heterocycles. The normalized spacial score (nSPS) is 15.8. The Kier molecular flexibility index (Phi) is 5.66. The van der Waals surface area contributed by atoms with Crippen molar-refractivity contribution >= 4 is 0 Å². The molecular formula is C20H25NO4. The standard InChI is InChI=1S/C20H25NO4/c1-23-18-8-7-16(22)13-15(18)14-21-11-9-17(10-12-21)25-20-6-4-3-5-19(20)24-2/h3-8,13,17,22H,9-12,14H2,1-2H3. The van der Waals surface area contributed by atoms with Crippen molar-refractivity contribution in [1.82, 2.24) is 4.90 Å². The van der Waals surface area contributed by atoms with Crippen LogP contribution in [0.4, 0.5) is 0 Å². The van der Waals surface area contributed by atoms with Crippen molar-refractivity contribution in [2.45, 2.75) is 25.5 Å². The van der Waals surface area contributed by atoms with Gasteiger partial charge in [0, 0.05) is 25.2 Å². The first-order valence-electron chi connectivity index (χ1n) is 8.57. The van der Waals surface area contributed by atoms with E-state index in [1.165, 1.54) is 0 Å². The Labute approximate surface area is 148 Å². The first kappa shape index (κ1) is 17.4. The van der Waals surface area contributed by atoms with E-state index in [-0.39, 0.29) is 11.9 Å². The fourth-order valence-electron chi connectivity index (χ4n) is 3.21. The van der Waals surface area contributed by atoms with E-state index in [2.05, 4.69) is 4.90 Å². The Morgan fingerprint density at radius 1 is 0.960 bits per heavy atom. The molecule has 0 aliphatic carbocycles. The lowest BCUT2D eigenvalue weighted by molar-refractivity contribution is 0.0938. The second-order valence-electron chi connectivity index (χ2n) is 6.24. The van der Waals surface area contributed by atoms with Gasteiger partial charge in [0.05, 0.1) is 14.2 Å². The van der Waals surface area contributed by atoms with Gasteiger partial charge < -0.3 is 19.3 Å². The number of methoxy groups -OCH3 is 2. The molecule has 0 atom stereocenters. The van der Waals surface area contributed by atoms with Crippen LogP contribution in [0.2, 0.25) is 0 Å². The van der Waals surface area contributed by atoms with Gasteiger partial charge in [0.25, 0.3) is 0 Å². The summed E-state index contributed by atoms with van der Waals surface area (Å²) in [5.74, 6) is 2.66. The third kappa shape index (κ3) is 4.37. The number of para-hydroxylation sites is 2. The maximum absolute atomic E-state index is 9.71. The van der Waals surface area contributed by atoms with E-state index < -0.39 is 0 Å². The molecule has 134 valence electrons. The average molecular weight is 343 g/mol. The minimum atomic E-state index is 0.193. The molecule has 25 heavy (non-hydrogen) atoms. The van der Waals surface area contributed by atoms with Gasteiger partial charge in [-0.05, 0) is 43.2 Å². The first-order valence-corrected chi connectivity index (χ1v) is 8.57. The molecule has 0 bridgehead atoms. The number of ether oxygens (including phenoxy) is 3. The number of rotatable bonds is 6. The maximum Gasteiger partial charge on any atom is 0.161 e. The monoisotopic (exact) mass is 343 g/mol. The molecule has 0 saturated carbocycles. The van der Waals surface area contributed by atoms with Gasteiger partial charge in [-0.3, -0.25) is 4.90 Å². The van der Waals surface area contributed by atoms with Crippen LogP contribution in [0.25, 0.3) is 0 Å². The second kappa shape index (κ2) is 8.12. The Bertz CT molecular complexity index is 696. The predicted octanol–water partition coefficient (Wildman–Crippen LogP) is 3.45. The summed E-state index contributed by atoms with van der Waals surface area (Å²) in [6.45, 7) is 2.65. The van der Waals surface area contributed by atoms with Crippen molar-refractivity contribution < 1.29 is 19.3 Å². The smallest absolute Gasteiger partial charge is 0.161 e. The lowest BCUT2D eigenvalue weighted by atomic mass is 10.1. The molecule has 1 heterocycles. The second-order valence-corrected chi connectivity index (χ2v) is 6.24. The Balaban J connectivity index is 1.56. The van der Waals surface area contributed by atoms with Gasteiger partial charge in [0.1, 0.15) is 17.6 Å². The summed E-state index contributed by atoms with van der Waals surface area (Å²) in [4.78, 5) is 2.36. The molecule has 0 aromatic heterocycles. The largest absolute Gasteiger partial charge is 0.508 e. The summed E-state index contributed by atoms with van der Waals surface area (Å²) in [6, 6.07) is 13.0. The molecule has 1 saturated heterocycles. The van der Waals surface area contributed by atoms with E-state index >= 15 is 0 Å². The van der Waals surface area contributed by atoms with Crippen molar-refractivity contribution in [1.29, 1.82) is 0 Å². The van der Waals surface area contributed by atoms with Crippen molar-refractivity contribution in [2.75, 3.05) is 27.3 Å². The molecule has 3 rings (SSSR count). The summed E-state index contributed by atoms with van der Waals surface area (Å²) in [7, 11) is 3.32. The van der Waals surface area contributed by atoms with Crippen LogP contribution in [-0.2, 0) is 6.54 Å². The molecule has 1 N–H and O–H groups in total. The van der Waals surface area contributed by atoms with Gasteiger partial charge in [-0.2, -0.15) is 0 Å². The van der Waals surface area contributed by atoms with E-state index in [1.54, 1.807) is 26.4 Å². The van der Waals surface area contributed by atoms with E-state index in [0.29, 0.717) is 0 Å². The molecule has 0 amide bonds. The number of phenols is 1. The number of hydrogen-bond acceptors (Lipinski definition) is 5. The van der Waals surface area contributed by atoms with E-state index in [0.717, 1.165) is 55.3 Å². The molecular weight excluding hydrogens is 318 g/mol. The number of nitrogens with zero attached hydrogens (tertiary/aromatic N) is 1. The molecule has 2 aromatic rings. The fourth-order valence-corrected chi connectivity index (χ4v) is 3.21. The van der Waals surface area contributed by atoms with Crippen LogP contribution < -0.4 is 14.2 Å². The first-order chi connectivity index (χ1) is 12.2. The van der Waals surface area contributed by atoms with Crippen LogP contribution in [0, 0.1) is 0 Å². The van der Waals surface area contributed by atoms with Crippen LogP contribution in [0.1, 0.15) is 18.4 Å². The molecule has 0 unspecified atom stereocenters. The third-order valence-corrected chi connectivity index (χ3v) is 4.56. The van der Waals surface area contributed by atoms with E-state index in [1.807, 2.05) is 30.3 Å². The third-order valence-electron chi connectivity index (χ3n) is 4.56. The van der Waals surface area contributed by atoms with Crippen LogP contribution >= 0.6 is 0 Å². The minimum absolute atomic E-state index is 0.193. The predicted molar refractivity (Wildman–Crippen MR) is 96.6 cm³/mol. The summed E-state index contributed by atoms with van der Waals surface area (Å²) < 4.78 is 16.9. The van der Waals surface area contributed by atoms with Gasteiger partial charge in [0.15, 0.2) is 11.5 Å². The van der Waals surface area contributed by atoms with Gasteiger partial charge in [-0.15, -0.1) is 0 Å². The molecule has 0 spiro atoms. The molecule has 1 fully saturated rings. The number of likely N-dealkylation sites (tertiary alicyclic amines) is 1. The van der Waals surface area contributed by atoms with Crippen LogP contribution in [0.3, 0.4) is 0 Å². The highest BCUT2D eigenvalue weighted by atomic mass is 16.5. The lowest BCUT2D eigenvalue weighted by Crippen LogP contribution is -2.37. The molecule has 5 nitrogen and oxygen atoms in total. The maximum atomic E-state index is 9.71. The minimum Gasteiger partial charge on any atom is -0.508 e. The number of hydrogen-bond donors (Lipinski definition) is 1. The van der Waals surface area contributed by atoms with E-state index in [9.17, 15) is 5.11 Å². The molecule has 5 heteroatoms. The number of piperidine rings is 1. The highest BCUT2D eigenvalue weighted by Crippen LogP contribution is 2.30. The summed E-state index contributed by atoms with van der Waals surface area (Å²) >= 11 is 0. The zero-order valence-electron chi connectivity index (χ0n) is 14.8. The van der Waals surface area contributed by atoms with Crippen molar-refractivity contribution in [3.05, 3.63) is 48.0 Å². The average Bonchev–Trinajstić information content (AvgIpc) is 2.64. The summed E-state index contributed by atoms with van der Waals surface area (Å²) in [5.41, 5.74) is 1.01. The number of aromatic hydroxyl groups is 1. The quantitative estimate of drug-likeness (QED) is 0.870. The highest BCUT2D eigenvalue weighted by Gasteiger charge is 2.22. The summed E-state index contributed by atoms with van der Waals surface area (Å²) in [6.07, 6.45) is 2.11. The number of benzene rings is 2. The molecule has 1 aliphatic rings. The van der Waals surface area contributed by atoms with Crippen molar-refractivity contribution in [2.24, 2.45) is 0 Å². The van der Waals surface area contributed by atoms with Crippen molar-refractivity contribution in [3.8, 4) is 23.0 Å². The van der Waals surface area contributed by atoms with E-state index in [4.69, 9.17) is 14.2 Å². The van der Waals surface area contributed by atoms with Gasteiger partial charge in [-0.1, -0.05) is 12.1 Å². The highest BCUT2D eigenvalue weighted by molar-refractivity contribution is 5.40. The Hall–Kier alpha value is -2.40. The molecule has 0 radical (unpaired) electrons. The Morgan fingerprint density at radius 3 is 2.32 bits per heavy atom. The van der Waals surface area contributed by atoms with Crippen LogP contribution in [0.5, 0.6) is 23.0 Å². The van der Waals surface area contributed by atoms with Crippen LogP contribution in [-0.4, -0.2) is 43.4 Å².